The molecule has 1 N–H and O–H groups in total. The number of benzene rings is 1. The first-order valence-corrected chi connectivity index (χ1v) is 7.65. The Hall–Kier alpha value is -2.42. The van der Waals surface area contributed by atoms with Crippen LogP contribution in [-0.4, -0.2) is 53.3 Å². The molecule has 0 radical (unpaired) electrons. The lowest BCUT2D eigenvalue weighted by atomic mass is 10.2. The van der Waals surface area contributed by atoms with E-state index in [9.17, 15) is 14.0 Å². The molecular formula is C14H15FN4O3S. The number of rotatable bonds is 6. The Labute approximate surface area is 136 Å². The number of hydrogen-bond donors (Lipinski definition) is 1. The molecule has 0 aliphatic rings. The van der Waals surface area contributed by atoms with Gasteiger partial charge in [0, 0.05) is 14.1 Å². The number of nitrogens with zero attached hydrogens (tertiary/aromatic N) is 3. The van der Waals surface area contributed by atoms with Crippen LogP contribution >= 0.6 is 11.8 Å². The highest BCUT2D eigenvalue weighted by atomic mass is 32.2. The molecule has 23 heavy (non-hydrogen) atoms. The number of carbonyl (C=O) groups excluding carboxylic acids is 2. The standard InChI is InChI=1S/C14H15FN4O3S/c1-16-11(20)7-19(2)12(21)8-23-14-18-17-13(22-14)9-5-3-4-6-10(9)15/h3-6H,7-8H2,1-2H3,(H,16,20). The molecule has 1 heterocycles. The number of hydrogen-bond acceptors (Lipinski definition) is 6. The van der Waals surface area contributed by atoms with Crippen molar-refractivity contribution in [1.29, 1.82) is 0 Å². The van der Waals surface area contributed by atoms with Gasteiger partial charge in [-0.3, -0.25) is 9.59 Å². The largest absolute Gasteiger partial charge is 0.411 e. The Kier molecular flexibility index (Phi) is 5.69. The minimum absolute atomic E-state index is 0.0276. The lowest BCUT2D eigenvalue weighted by Crippen LogP contribution is -2.37. The molecule has 0 fully saturated rings. The van der Waals surface area contributed by atoms with E-state index in [1.54, 1.807) is 12.1 Å². The molecule has 7 nitrogen and oxygen atoms in total. The minimum atomic E-state index is -0.464. The van der Waals surface area contributed by atoms with E-state index in [-0.39, 0.29) is 40.8 Å². The third-order valence-electron chi connectivity index (χ3n) is 2.92. The van der Waals surface area contributed by atoms with Crippen LogP contribution in [0.5, 0.6) is 0 Å². The van der Waals surface area contributed by atoms with E-state index in [1.807, 2.05) is 0 Å². The molecule has 1 aromatic carbocycles. The zero-order valence-electron chi connectivity index (χ0n) is 12.6. The fraction of sp³-hybridized carbons (Fsp3) is 0.286. The number of halogens is 1. The Morgan fingerprint density at radius 1 is 1.35 bits per heavy atom. The molecule has 9 heteroatoms. The summed E-state index contributed by atoms with van der Waals surface area (Å²) in [4.78, 5) is 24.4. The second-order valence-corrected chi connectivity index (χ2v) is 5.49. The smallest absolute Gasteiger partial charge is 0.277 e. The van der Waals surface area contributed by atoms with E-state index in [1.165, 1.54) is 31.1 Å². The van der Waals surface area contributed by atoms with Crippen molar-refractivity contribution in [2.75, 3.05) is 26.4 Å². The maximum atomic E-state index is 13.6. The van der Waals surface area contributed by atoms with Crippen molar-refractivity contribution < 1.29 is 18.4 Å². The van der Waals surface area contributed by atoms with Crippen LogP contribution in [-0.2, 0) is 9.59 Å². The summed E-state index contributed by atoms with van der Waals surface area (Å²) in [6.07, 6.45) is 0. The summed E-state index contributed by atoms with van der Waals surface area (Å²) >= 11 is 1.03. The van der Waals surface area contributed by atoms with Gasteiger partial charge in [0.15, 0.2) is 0 Å². The predicted octanol–water partition coefficient (Wildman–Crippen LogP) is 1.17. The van der Waals surface area contributed by atoms with Gasteiger partial charge in [-0.15, -0.1) is 10.2 Å². The molecule has 1 aromatic heterocycles. The van der Waals surface area contributed by atoms with Gasteiger partial charge in [-0.25, -0.2) is 4.39 Å². The molecule has 0 atom stereocenters. The molecule has 0 bridgehead atoms. The highest BCUT2D eigenvalue weighted by Gasteiger charge is 2.16. The van der Waals surface area contributed by atoms with Crippen LogP contribution < -0.4 is 5.32 Å². The van der Waals surface area contributed by atoms with Crippen LogP contribution in [0.15, 0.2) is 33.9 Å². The number of nitrogens with one attached hydrogen (secondary N) is 1. The Morgan fingerprint density at radius 2 is 2.09 bits per heavy atom. The average Bonchev–Trinajstić information content (AvgIpc) is 3.01. The molecule has 0 aliphatic carbocycles. The van der Waals surface area contributed by atoms with E-state index < -0.39 is 5.82 Å². The van der Waals surface area contributed by atoms with Crippen molar-refractivity contribution in [1.82, 2.24) is 20.4 Å². The number of likely N-dealkylation sites (N-methyl/N-ethyl adjacent to an activating group) is 2. The number of thioether (sulfide) groups is 1. The van der Waals surface area contributed by atoms with Crippen molar-refractivity contribution in [3.05, 3.63) is 30.1 Å². The quantitative estimate of drug-likeness (QED) is 0.796. The van der Waals surface area contributed by atoms with Gasteiger partial charge in [-0.1, -0.05) is 23.9 Å². The Balaban J connectivity index is 1.94. The summed E-state index contributed by atoms with van der Waals surface area (Å²) in [5, 5.41) is 10.1. The van der Waals surface area contributed by atoms with Crippen LogP contribution in [0.1, 0.15) is 0 Å². The maximum Gasteiger partial charge on any atom is 0.277 e. The molecule has 0 spiro atoms. The Morgan fingerprint density at radius 3 is 2.78 bits per heavy atom. The van der Waals surface area contributed by atoms with Gasteiger partial charge >= 0.3 is 0 Å². The summed E-state index contributed by atoms with van der Waals surface area (Å²) in [6, 6.07) is 6.04. The van der Waals surface area contributed by atoms with Crippen molar-refractivity contribution in [2.45, 2.75) is 5.22 Å². The Bertz CT molecular complexity index is 707. The zero-order chi connectivity index (χ0) is 16.8. The lowest BCUT2D eigenvalue weighted by Gasteiger charge is -2.14. The van der Waals surface area contributed by atoms with Gasteiger partial charge < -0.3 is 14.6 Å². The molecule has 0 aliphatic heterocycles. The summed E-state index contributed by atoms with van der Waals surface area (Å²) < 4.78 is 19.0. The van der Waals surface area contributed by atoms with Gasteiger partial charge in [0.2, 0.25) is 11.8 Å². The van der Waals surface area contributed by atoms with E-state index in [4.69, 9.17) is 4.42 Å². The highest BCUT2D eigenvalue weighted by Crippen LogP contribution is 2.25. The van der Waals surface area contributed by atoms with Crippen LogP contribution in [0.3, 0.4) is 0 Å². The molecule has 2 rings (SSSR count). The SMILES string of the molecule is CNC(=O)CN(C)C(=O)CSc1nnc(-c2ccccc2F)o1. The van der Waals surface area contributed by atoms with E-state index in [0.29, 0.717) is 0 Å². The molecule has 0 unspecified atom stereocenters. The highest BCUT2D eigenvalue weighted by molar-refractivity contribution is 7.99. The number of aromatic nitrogens is 2. The molecule has 2 amide bonds. The first kappa shape index (κ1) is 16.9. The predicted molar refractivity (Wildman–Crippen MR) is 82.1 cm³/mol. The number of amides is 2. The van der Waals surface area contributed by atoms with Crippen LogP contribution in [0.4, 0.5) is 4.39 Å². The maximum absolute atomic E-state index is 13.6. The third-order valence-corrected chi connectivity index (χ3v) is 3.72. The topological polar surface area (TPSA) is 88.3 Å². The fourth-order valence-electron chi connectivity index (χ4n) is 1.63. The van der Waals surface area contributed by atoms with Crippen molar-refractivity contribution >= 4 is 23.6 Å². The van der Waals surface area contributed by atoms with E-state index in [2.05, 4.69) is 15.5 Å². The van der Waals surface area contributed by atoms with E-state index in [0.717, 1.165) is 11.8 Å². The second-order valence-electron chi connectivity index (χ2n) is 4.56. The summed E-state index contributed by atoms with van der Waals surface area (Å²) in [7, 11) is 3.02. The third kappa shape index (κ3) is 4.52. The first-order valence-electron chi connectivity index (χ1n) is 6.67. The zero-order valence-corrected chi connectivity index (χ0v) is 13.4. The average molecular weight is 338 g/mol. The molecule has 2 aromatic rings. The second kappa shape index (κ2) is 7.73. The minimum Gasteiger partial charge on any atom is -0.411 e. The molecular weight excluding hydrogens is 323 g/mol. The summed E-state index contributed by atoms with van der Waals surface area (Å²) in [6.45, 7) is -0.0276. The summed E-state index contributed by atoms with van der Waals surface area (Å²) in [5.74, 6) is -0.896. The van der Waals surface area contributed by atoms with Gasteiger partial charge in [0.1, 0.15) is 5.82 Å². The normalized spacial score (nSPS) is 10.4. The van der Waals surface area contributed by atoms with E-state index >= 15 is 0 Å². The van der Waals surface area contributed by atoms with Crippen molar-refractivity contribution in [2.24, 2.45) is 0 Å². The molecule has 0 saturated heterocycles. The first-order chi connectivity index (χ1) is 11.0. The van der Waals surface area contributed by atoms with Crippen LogP contribution in [0.2, 0.25) is 0 Å². The van der Waals surface area contributed by atoms with Gasteiger partial charge in [-0.05, 0) is 12.1 Å². The molecule has 0 saturated carbocycles. The summed E-state index contributed by atoms with van der Waals surface area (Å²) in [5.41, 5.74) is 0.204. The number of carbonyl (C=O) groups is 2. The lowest BCUT2D eigenvalue weighted by molar-refractivity contribution is -0.132. The van der Waals surface area contributed by atoms with Crippen LogP contribution in [0, 0.1) is 5.82 Å². The van der Waals surface area contributed by atoms with Gasteiger partial charge in [0.25, 0.3) is 11.1 Å². The molecule has 122 valence electrons. The van der Waals surface area contributed by atoms with Crippen molar-refractivity contribution in [3.63, 3.8) is 0 Å². The van der Waals surface area contributed by atoms with Gasteiger partial charge in [0.05, 0.1) is 17.9 Å². The van der Waals surface area contributed by atoms with Crippen LogP contribution in [0.25, 0.3) is 11.5 Å². The van der Waals surface area contributed by atoms with Gasteiger partial charge in [-0.2, -0.15) is 0 Å². The monoisotopic (exact) mass is 338 g/mol. The fourth-order valence-corrected chi connectivity index (χ4v) is 2.33. The van der Waals surface area contributed by atoms with Crippen molar-refractivity contribution in [3.8, 4) is 11.5 Å².